The number of hydrogen-bond acceptors (Lipinski definition) is 2. The van der Waals surface area contributed by atoms with Crippen LogP contribution in [-0.2, 0) is 5.41 Å². The summed E-state index contributed by atoms with van der Waals surface area (Å²) in [6, 6.07) is 126. The maximum atomic E-state index is 2.63. The molecule has 90 heavy (non-hydrogen) atoms. The molecular formula is C87H55BN2. The van der Waals surface area contributed by atoms with Crippen molar-refractivity contribution in [3.05, 3.63) is 356 Å². The number of nitrogens with zero attached hydrogens (tertiary/aromatic N) is 2. The molecule has 0 fully saturated rings. The van der Waals surface area contributed by atoms with Crippen molar-refractivity contribution in [2.45, 2.75) is 5.41 Å². The summed E-state index contributed by atoms with van der Waals surface area (Å²) in [5.41, 5.74) is 32.4. The second-order valence-electron chi connectivity index (χ2n) is 24.7. The summed E-state index contributed by atoms with van der Waals surface area (Å²) in [4.78, 5) is 5.26. The van der Waals surface area contributed by atoms with Gasteiger partial charge in [0.15, 0.2) is 0 Å². The molecule has 2 nitrogen and oxygen atoms in total. The molecular weight excluding hydrogens is 1080 g/mol. The van der Waals surface area contributed by atoms with Gasteiger partial charge in [-0.25, -0.2) is 0 Å². The Balaban J connectivity index is 0.942. The summed E-state index contributed by atoms with van der Waals surface area (Å²) < 4.78 is 0. The lowest BCUT2D eigenvalue weighted by molar-refractivity contribution is 0.794. The largest absolute Gasteiger partial charge is 0.311 e. The van der Waals surface area contributed by atoms with Gasteiger partial charge in [-0.3, -0.25) is 0 Å². The average molecular weight is 1140 g/mol. The first-order chi connectivity index (χ1) is 44.6. The molecule has 0 aromatic heterocycles. The Morgan fingerprint density at radius 2 is 0.533 bits per heavy atom. The highest BCUT2D eigenvalue weighted by Crippen LogP contribution is 2.63. The fourth-order valence-electron chi connectivity index (χ4n) is 16.0. The first-order valence-corrected chi connectivity index (χ1v) is 31.4. The van der Waals surface area contributed by atoms with Crippen molar-refractivity contribution >= 4 is 78.8 Å². The van der Waals surface area contributed by atoms with E-state index in [0.717, 1.165) is 56.1 Å². The third-order valence-corrected chi connectivity index (χ3v) is 19.9. The van der Waals surface area contributed by atoms with E-state index in [9.17, 15) is 0 Å². The van der Waals surface area contributed by atoms with E-state index in [-0.39, 0.29) is 6.71 Å². The lowest BCUT2D eigenvalue weighted by Gasteiger charge is -2.45. The van der Waals surface area contributed by atoms with E-state index in [1.54, 1.807) is 0 Å². The van der Waals surface area contributed by atoms with Crippen LogP contribution in [0.25, 0.3) is 99.4 Å². The van der Waals surface area contributed by atoms with E-state index >= 15 is 0 Å². The highest BCUT2D eigenvalue weighted by molar-refractivity contribution is 7.00. The Labute approximate surface area is 524 Å². The molecule has 1 spiro atoms. The van der Waals surface area contributed by atoms with Crippen molar-refractivity contribution in [1.29, 1.82) is 0 Å². The van der Waals surface area contributed by atoms with Crippen LogP contribution in [0.2, 0.25) is 0 Å². The van der Waals surface area contributed by atoms with E-state index in [0.29, 0.717) is 0 Å². The van der Waals surface area contributed by atoms with Gasteiger partial charge in [0.05, 0.1) is 5.41 Å². The molecule has 15 aromatic rings. The van der Waals surface area contributed by atoms with Crippen LogP contribution >= 0.6 is 0 Å². The molecule has 0 unspecified atom stereocenters. The van der Waals surface area contributed by atoms with Gasteiger partial charge in [-0.2, -0.15) is 0 Å². The summed E-state index contributed by atoms with van der Waals surface area (Å²) in [5.74, 6) is 0. The van der Waals surface area contributed by atoms with Gasteiger partial charge < -0.3 is 9.80 Å². The third kappa shape index (κ3) is 7.54. The summed E-state index contributed by atoms with van der Waals surface area (Å²) in [6.45, 7) is -0.137. The van der Waals surface area contributed by atoms with Gasteiger partial charge in [-0.15, -0.1) is 0 Å². The van der Waals surface area contributed by atoms with Gasteiger partial charge in [-0.1, -0.05) is 267 Å². The van der Waals surface area contributed by atoms with Crippen LogP contribution in [0, 0.1) is 0 Å². The molecule has 0 N–H and O–H groups in total. The fraction of sp³-hybridized carbons (Fsp3) is 0.0115. The smallest absolute Gasteiger partial charge is 0.252 e. The lowest BCUT2D eigenvalue weighted by Crippen LogP contribution is -2.61. The normalized spacial score (nSPS) is 13.4. The number of benzene rings is 15. The number of anilines is 6. The summed E-state index contributed by atoms with van der Waals surface area (Å²) in [5, 5.41) is 4.84. The molecule has 4 aliphatic rings. The SMILES string of the molecule is c1ccc(-c2cc(-c3ccccc3)cc(N3c4cc5ccccc5cc4B4c5cc6ccccc6cc5N(c5cc(-c6ccccc6)cc(-c6ccccc6)c5)c5cc(-c6ccc7c(c6)-c6ccccc6C76c7ccccc7-c7ccccc76)cc3c54)c2)cc1. The van der Waals surface area contributed by atoms with Crippen LogP contribution in [0.1, 0.15) is 22.3 Å². The number of rotatable bonds is 7. The quantitative estimate of drug-likeness (QED) is 0.147. The maximum Gasteiger partial charge on any atom is 0.252 e. The molecule has 3 heteroatoms. The monoisotopic (exact) mass is 1140 g/mol. The topological polar surface area (TPSA) is 6.48 Å². The second-order valence-corrected chi connectivity index (χ2v) is 24.7. The summed E-state index contributed by atoms with van der Waals surface area (Å²) >= 11 is 0. The zero-order chi connectivity index (χ0) is 59.0. The summed E-state index contributed by atoms with van der Waals surface area (Å²) in [7, 11) is 0. The van der Waals surface area contributed by atoms with Crippen LogP contribution in [0.15, 0.2) is 334 Å². The highest BCUT2D eigenvalue weighted by Gasteiger charge is 2.52. The molecule has 416 valence electrons. The molecule has 15 aromatic carbocycles. The van der Waals surface area contributed by atoms with Crippen molar-refractivity contribution in [2.75, 3.05) is 9.80 Å². The summed E-state index contributed by atoms with van der Waals surface area (Å²) in [6.07, 6.45) is 0. The van der Waals surface area contributed by atoms with Crippen LogP contribution in [-0.4, -0.2) is 6.71 Å². The Morgan fingerprint density at radius 1 is 0.211 bits per heavy atom. The zero-order valence-electron chi connectivity index (χ0n) is 49.2. The van der Waals surface area contributed by atoms with Crippen LogP contribution in [0.4, 0.5) is 34.1 Å². The Morgan fingerprint density at radius 3 is 0.933 bits per heavy atom. The van der Waals surface area contributed by atoms with E-state index < -0.39 is 5.41 Å². The van der Waals surface area contributed by atoms with E-state index in [2.05, 4.69) is 343 Å². The number of fused-ring (bicyclic) bond motifs is 16. The van der Waals surface area contributed by atoms with Crippen molar-refractivity contribution in [3.63, 3.8) is 0 Å². The Bertz CT molecular complexity index is 5040. The van der Waals surface area contributed by atoms with Crippen LogP contribution < -0.4 is 26.2 Å². The predicted molar refractivity (Wildman–Crippen MR) is 379 cm³/mol. The van der Waals surface area contributed by atoms with Crippen LogP contribution in [0.3, 0.4) is 0 Å². The first kappa shape index (κ1) is 50.6. The van der Waals surface area contributed by atoms with E-state index in [4.69, 9.17) is 0 Å². The Kier molecular flexibility index (Phi) is 11.1. The maximum absolute atomic E-state index is 2.63. The van der Waals surface area contributed by atoms with Gasteiger partial charge in [0.25, 0.3) is 6.71 Å². The fourth-order valence-corrected chi connectivity index (χ4v) is 16.0. The van der Waals surface area contributed by atoms with Gasteiger partial charge in [0.1, 0.15) is 0 Å². The average Bonchev–Trinajstić information content (AvgIpc) is 1.34. The van der Waals surface area contributed by atoms with Crippen molar-refractivity contribution in [2.24, 2.45) is 0 Å². The molecule has 0 saturated carbocycles. The molecule has 2 aliphatic heterocycles. The molecule has 0 saturated heterocycles. The van der Waals surface area contributed by atoms with Crippen LogP contribution in [0.5, 0.6) is 0 Å². The van der Waals surface area contributed by atoms with Gasteiger partial charge in [-0.05, 0) is 205 Å². The lowest BCUT2D eigenvalue weighted by atomic mass is 9.33. The molecule has 2 aliphatic carbocycles. The Hall–Kier alpha value is -11.5. The standard InChI is InChI=1S/C87H55BN2/c1-5-23-56(24-6-1)65-43-66(57-25-7-2-8-26-57)46-70(45-65)89-82-52-62-33-15-13-31-60(62)50-80(82)88-81-51-61-32-14-16-34-63(61)53-83(81)90(71-47-67(58-27-9-3-10-28-58)44-68(48-71)59-29-11-4-12-30-59)85-55-69(54-84(89)86(85)88)64-41-42-79-75(49-64)74-37-19-22-40-78(74)87(79)76-38-20-17-35-72(76)73-36-18-21-39-77(73)87/h1-55H. The molecule has 0 atom stereocenters. The van der Waals surface area contributed by atoms with Gasteiger partial charge in [0.2, 0.25) is 0 Å². The molecule has 0 bridgehead atoms. The van der Waals surface area contributed by atoms with Gasteiger partial charge >= 0.3 is 0 Å². The van der Waals surface area contributed by atoms with Crippen molar-refractivity contribution < 1.29 is 0 Å². The molecule has 0 amide bonds. The molecule has 0 radical (unpaired) electrons. The van der Waals surface area contributed by atoms with Crippen molar-refractivity contribution in [3.8, 4) is 77.9 Å². The molecule has 2 heterocycles. The predicted octanol–water partition coefficient (Wildman–Crippen LogP) is 20.8. The van der Waals surface area contributed by atoms with E-state index in [1.165, 1.54) is 116 Å². The minimum Gasteiger partial charge on any atom is -0.311 e. The second kappa shape index (κ2) is 19.8. The van der Waals surface area contributed by atoms with Crippen molar-refractivity contribution in [1.82, 2.24) is 0 Å². The minimum absolute atomic E-state index is 0.137. The zero-order valence-corrected chi connectivity index (χ0v) is 49.2. The minimum atomic E-state index is -0.459. The molecule has 19 rings (SSSR count). The third-order valence-electron chi connectivity index (χ3n) is 19.9. The number of hydrogen-bond donors (Lipinski definition) is 0. The highest BCUT2D eigenvalue weighted by atomic mass is 15.2. The first-order valence-electron chi connectivity index (χ1n) is 31.4. The van der Waals surface area contributed by atoms with Gasteiger partial charge in [0, 0.05) is 34.1 Å². The van der Waals surface area contributed by atoms with E-state index in [1.807, 2.05) is 0 Å².